The zero-order valence-corrected chi connectivity index (χ0v) is 19.2. The molecule has 6 heterocycles. The van der Waals surface area contributed by atoms with E-state index in [1.54, 1.807) is 17.2 Å². The fraction of sp³-hybridized carbons (Fsp3) is 0.520. The Morgan fingerprint density at radius 3 is 2.79 bits per heavy atom. The van der Waals surface area contributed by atoms with Gasteiger partial charge in [-0.25, -0.2) is 4.98 Å². The first-order valence-electron chi connectivity index (χ1n) is 12.2. The van der Waals surface area contributed by atoms with Gasteiger partial charge in [0.1, 0.15) is 12.4 Å². The molecular weight excluding hydrogens is 434 g/mol. The van der Waals surface area contributed by atoms with Crippen molar-refractivity contribution in [3.05, 3.63) is 41.9 Å². The van der Waals surface area contributed by atoms with E-state index in [0.717, 1.165) is 51.3 Å². The van der Waals surface area contributed by atoms with Gasteiger partial charge in [0.2, 0.25) is 5.91 Å². The van der Waals surface area contributed by atoms with E-state index in [2.05, 4.69) is 9.88 Å². The summed E-state index contributed by atoms with van der Waals surface area (Å²) in [7, 11) is 0. The fourth-order valence-corrected chi connectivity index (χ4v) is 5.18. The average Bonchev–Trinajstić information content (AvgIpc) is 2.86. The van der Waals surface area contributed by atoms with Gasteiger partial charge in [-0.3, -0.25) is 19.5 Å². The third kappa shape index (κ3) is 3.87. The number of nitrogens with zero attached hydrogens (tertiary/aromatic N) is 5. The monoisotopic (exact) mass is 463 g/mol. The fourth-order valence-electron chi connectivity index (χ4n) is 5.18. The molecule has 9 nitrogen and oxygen atoms in total. The van der Waals surface area contributed by atoms with Crippen LogP contribution in [0, 0.1) is 11.8 Å². The number of pyridine rings is 1. The Morgan fingerprint density at radius 1 is 1.15 bits per heavy atom. The van der Waals surface area contributed by atoms with Gasteiger partial charge in [0.15, 0.2) is 11.6 Å². The lowest BCUT2D eigenvalue weighted by molar-refractivity contribution is -0.132. The number of ether oxygens (including phenoxy) is 2. The van der Waals surface area contributed by atoms with Crippen LogP contribution in [0.5, 0.6) is 5.75 Å². The molecule has 178 valence electrons. The van der Waals surface area contributed by atoms with E-state index >= 15 is 0 Å². The minimum atomic E-state index is -0.0844. The van der Waals surface area contributed by atoms with Crippen LogP contribution in [0.15, 0.2) is 41.3 Å². The number of carbonyl (C=O) groups excluding carboxylic acids is 2. The summed E-state index contributed by atoms with van der Waals surface area (Å²) in [4.78, 5) is 40.8. The van der Waals surface area contributed by atoms with Crippen molar-refractivity contribution in [3.63, 3.8) is 0 Å². The summed E-state index contributed by atoms with van der Waals surface area (Å²) in [6, 6.07) is 1.81. The summed E-state index contributed by atoms with van der Waals surface area (Å²) >= 11 is 0. The zero-order valence-electron chi connectivity index (χ0n) is 19.2. The maximum Gasteiger partial charge on any atom is 0.255 e. The lowest BCUT2D eigenvalue weighted by Gasteiger charge is -2.36. The number of aromatic nitrogens is 1. The topological polar surface area (TPSA) is 87.6 Å². The lowest BCUT2D eigenvalue weighted by atomic mass is 9.91. The minimum absolute atomic E-state index is 0.0150. The van der Waals surface area contributed by atoms with Crippen LogP contribution in [0.4, 0.5) is 5.82 Å². The van der Waals surface area contributed by atoms with Crippen molar-refractivity contribution in [1.29, 1.82) is 0 Å². The number of amidine groups is 1. The van der Waals surface area contributed by atoms with Crippen LogP contribution in [0.2, 0.25) is 0 Å². The molecule has 2 fully saturated rings. The smallest absolute Gasteiger partial charge is 0.255 e. The number of aliphatic imine (C=N–C) groups is 1. The van der Waals surface area contributed by atoms with Gasteiger partial charge in [-0.05, 0) is 37.8 Å². The van der Waals surface area contributed by atoms with Gasteiger partial charge >= 0.3 is 0 Å². The van der Waals surface area contributed by atoms with E-state index in [1.807, 2.05) is 23.3 Å². The highest BCUT2D eigenvalue weighted by Gasteiger charge is 2.35. The molecule has 5 aliphatic heterocycles. The van der Waals surface area contributed by atoms with Crippen molar-refractivity contribution in [2.24, 2.45) is 16.8 Å². The van der Waals surface area contributed by atoms with Crippen molar-refractivity contribution >= 4 is 23.5 Å². The minimum Gasteiger partial charge on any atom is -0.488 e. The summed E-state index contributed by atoms with van der Waals surface area (Å²) in [5.74, 6) is 2.44. The molecule has 0 aromatic carbocycles. The van der Waals surface area contributed by atoms with Crippen LogP contribution < -0.4 is 9.64 Å². The third-order valence-electron chi connectivity index (χ3n) is 7.17. The summed E-state index contributed by atoms with van der Waals surface area (Å²) in [5, 5.41) is 0. The Hall–Kier alpha value is -3.20. The van der Waals surface area contributed by atoms with Crippen LogP contribution in [0.25, 0.3) is 0 Å². The zero-order chi connectivity index (χ0) is 23.1. The number of rotatable bonds is 4. The molecule has 0 bridgehead atoms. The second-order valence-corrected chi connectivity index (χ2v) is 9.53. The van der Waals surface area contributed by atoms with Crippen molar-refractivity contribution in [3.8, 4) is 5.75 Å². The van der Waals surface area contributed by atoms with E-state index in [1.165, 1.54) is 6.42 Å². The summed E-state index contributed by atoms with van der Waals surface area (Å²) in [6.07, 6.45) is 11.4. The maximum absolute atomic E-state index is 13.0. The second-order valence-electron chi connectivity index (χ2n) is 9.53. The Bertz CT molecular complexity index is 1090. The molecule has 1 aromatic heterocycles. The molecule has 1 aromatic rings. The normalized spacial score (nSPS) is 24.5. The number of carbonyl (C=O) groups is 2. The van der Waals surface area contributed by atoms with Crippen molar-refractivity contribution in [1.82, 2.24) is 14.8 Å². The van der Waals surface area contributed by atoms with E-state index in [4.69, 9.17) is 14.5 Å². The number of fused-ring (bicyclic) bond motifs is 2. The summed E-state index contributed by atoms with van der Waals surface area (Å²) < 4.78 is 11.1. The van der Waals surface area contributed by atoms with E-state index in [-0.39, 0.29) is 17.7 Å². The van der Waals surface area contributed by atoms with Gasteiger partial charge in [-0.1, -0.05) is 0 Å². The molecule has 1 atom stereocenters. The van der Waals surface area contributed by atoms with Crippen LogP contribution in [-0.4, -0.2) is 78.4 Å². The number of hydrogen-bond acceptors (Lipinski definition) is 7. The molecule has 0 spiro atoms. The number of likely N-dealkylation sites (tertiary alicyclic amines) is 1. The first-order chi connectivity index (χ1) is 16.7. The first kappa shape index (κ1) is 21.3. The van der Waals surface area contributed by atoms with Gasteiger partial charge < -0.3 is 19.3 Å². The molecule has 0 N–H and O–H groups in total. The second kappa shape index (κ2) is 8.87. The molecule has 0 aliphatic carbocycles. The Balaban J connectivity index is 1.21. The summed E-state index contributed by atoms with van der Waals surface area (Å²) in [6.45, 7) is 4.71. The Kier molecular flexibility index (Phi) is 5.57. The number of anilines is 1. The molecule has 5 aliphatic rings. The molecule has 0 saturated carbocycles. The molecule has 2 saturated heterocycles. The molecule has 9 heteroatoms. The van der Waals surface area contributed by atoms with Crippen LogP contribution in [-0.2, 0) is 9.53 Å². The van der Waals surface area contributed by atoms with Crippen LogP contribution in [0.3, 0.4) is 0 Å². The highest BCUT2D eigenvalue weighted by molar-refractivity contribution is 6.09. The molecular formula is C25H29N5O4. The molecule has 6 rings (SSSR count). The SMILES string of the molecule is O=C(c1cnc2c(c1)OCCN2C1=CC2=NCC(CC3COC3)C(=O)N2C=C1)N1CCCCC1. The predicted molar refractivity (Wildman–Crippen MR) is 126 cm³/mol. The average molecular weight is 464 g/mol. The van der Waals surface area contributed by atoms with Crippen molar-refractivity contribution < 1.29 is 19.1 Å². The van der Waals surface area contributed by atoms with Crippen molar-refractivity contribution in [2.75, 3.05) is 50.9 Å². The first-order valence-corrected chi connectivity index (χ1v) is 12.2. The largest absolute Gasteiger partial charge is 0.488 e. The Labute approximate surface area is 198 Å². The number of piperidine rings is 1. The van der Waals surface area contributed by atoms with Crippen molar-refractivity contribution in [2.45, 2.75) is 25.7 Å². The quantitative estimate of drug-likeness (QED) is 0.681. The van der Waals surface area contributed by atoms with E-state index in [9.17, 15) is 9.59 Å². The number of allylic oxidation sites excluding steroid dienone is 1. The summed E-state index contributed by atoms with van der Waals surface area (Å²) in [5.41, 5.74) is 1.47. The molecule has 2 amide bonds. The Morgan fingerprint density at radius 2 is 2.00 bits per heavy atom. The number of hydrogen-bond donors (Lipinski definition) is 0. The third-order valence-corrected chi connectivity index (χ3v) is 7.17. The van der Waals surface area contributed by atoms with Gasteiger partial charge in [-0.15, -0.1) is 0 Å². The van der Waals surface area contributed by atoms with Gasteiger partial charge in [0.05, 0.1) is 37.8 Å². The molecule has 0 radical (unpaired) electrons. The van der Waals surface area contributed by atoms with E-state index in [0.29, 0.717) is 48.6 Å². The predicted octanol–water partition coefficient (Wildman–Crippen LogP) is 2.21. The van der Waals surface area contributed by atoms with Gasteiger partial charge in [-0.2, -0.15) is 0 Å². The van der Waals surface area contributed by atoms with Crippen LogP contribution >= 0.6 is 0 Å². The number of amides is 2. The highest BCUT2D eigenvalue weighted by atomic mass is 16.5. The molecule has 1 unspecified atom stereocenters. The van der Waals surface area contributed by atoms with Crippen LogP contribution in [0.1, 0.15) is 36.0 Å². The molecule has 34 heavy (non-hydrogen) atoms. The standard InChI is InChI=1S/C25H29N5O4/c31-24(28-5-2-1-3-6-28)19-11-21-23(27-14-19)29(8-9-34-21)20-4-7-30-22(12-20)26-13-18(25(30)32)10-17-15-33-16-17/h4,7,11-12,14,17-18H,1-3,5-6,8-10,13,15-16H2. The van der Waals surface area contributed by atoms with E-state index < -0.39 is 0 Å². The maximum atomic E-state index is 13.0. The van der Waals surface area contributed by atoms with Gasteiger partial charge in [0, 0.05) is 43.2 Å². The highest BCUT2D eigenvalue weighted by Crippen LogP contribution is 2.35. The van der Waals surface area contributed by atoms with Gasteiger partial charge in [0.25, 0.3) is 5.91 Å². The lowest BCUT2D eigenvalue weighted by Crippen LogP contribution is -2.45.